The summed E-state index contributed by atoms with van der Waals surface area (Å²) in [4.78, 5) is 5.34. The quantitative estimate of drug-likeness (QED) is 0.767. The lowest BCUT2D eigenvalue weighted by molar-refractivity contribution is -0.0809. The number of morpholine rings is 1. The summed E-state index contributed by atoms with van der Waals surface area (Å²) in [7, 11) is 0. The molecule has 19 heavy (non-hydrogen) atoms. The summed E-state index contributed by atoms with van der Waals surface area (Å²) in [6.07, 6.45) is 2.73. The molecule has 0 amide bonds. The minimum absolute atomic E-state index is 0.722. The van der Waals surface area contributed by atoms with Crippen molar-refractivity contribution in [2.24, 2.45) is 0 Å². The zero-order chi connectivity index (χ0) is 14.4. The van der Waals surface area contributed by atoms with Gasteiger partial charge in [0.25, 0.3) is 0 Å². The van der Waals surface area contributed by atoms with Crippen LogP contribution in [-0.4, -0.2) is 60.3 Å². The van der Waals surface area contributed by atoms with Crippen LogP contribution in [0.25, 0.3) is 0 Å². The van der Waals surface area contributed by atoms with Gasteiger partial charge in [-0.25, -0.2) is 0 Å². The SMILES string of the molecule is CC.CC.CC(C)N1CC(N2C3CCC2COC3)C1. The fraction of sp³-hybridized carbons (Fsp3) is 1.00. The maximum Gasteiger partial charge on any atom is 0.0622 e. The first-order chi connectivity index (χ1) is 9.25. The Balaban J connectivity index is 0.000000415. The first-order valence-electron chi connectivity index (χ1n) is 8.35. The minimum Gasteiger partial charge on any atom is -0.378 e. The highest BCUT2D eigenvalue weighted by Gasteiger charge is 2.45. The van der Waals surface area contributed by atoms with Crippen LogP contribution in [0.3, 0.4) is 0 Å². The van der Waals surface area contributed by atoms with Gasteiger partial charge in [0.05, 0.1) is 13.2 Å². The highest BCUT2D eigenvalue weighted by molar-refractivity contribution is 5.00. The predicted octanol–water partition coefficient (Wildman–Crippen LogP) is 2.99. The number of hydrogen-bond donors (Lipinski definition) is 0. The van der Waals surface area contributed by atoms with E-state index in [1.54, 1.807) is 0 Å². The van der Waals surface area contributed by atoms with Crippen molar-refractivity contribution in [3.8, 4) is 0 Å². The third-order valence-electron chi connectivity index (χ3n) is 4.34. The van der Waals surface area contributed by atoms with E-state index in [1.807, 2.05) is 27.7 Å². The monoisotopic (exact) mass is 270 g/mol. The molecule has 3 aliphatic rings. The Morgan fingerprint density at radius 2 is 1.32 bits per heavy atom. The van der Waals surface area contributed by atoms with Crippen LogP contribution in [0, 0.1) is 0 Å². The van der Waals surface area contributed by atoms with Gasteiger partial charge >= 0.3 is 0 Å². The lowest BCUT2D eigenvalue weighted by Gasteiger charge is -2.51. The van der Waals surface area contributed by atoms with Gasteiger partial charge in [0.2, 0.25) is 0 Å². The summed E-state index contributed by atoms with van der Waals surface area (Å²) < 4.78 is 5.62. The van der Waals surface area contributed by atoms with E-state index in [2.05, 4.69) is 23.6 Å². The molecule has 0 radical (unpaired) electrons. The molecule has 3 heterocycles. The van der Waals surface area contributed by atoms with E-state index in [-0.39, 0.29) is 0 Å². The van der Waals surface area contributed by atoms with E-state index in [9.17, 15) is 0 Å². The Morgan fingerprint density at radius 1 is 0.842 bits per heavy atom. The first kappa shape index (κ1) is 16.9. The van der Waals surface area contributed by atoms with Gasteiger partial charge in [0.1, 0.15) is 0 Å². The molecule has 3 fully saturated rings. The number of rotatable bonds is 2. The van der Waals surface area contributed by atoms with E-state index < -0.39 is 0 Å². The third kappa shape index (κ3) is 3.71. The molecule has 3 saturated heterocycles. The third-order valence-corrected chi connectivity index (χ3v) is 4.34. The molecule has 3 aliphatic heterocycles. The summed E-state index contributed by atoms with van der Waals surface area (Å²) in [5.74, 6) is 0. The van der Waals surface area contributed by atoms with Crippen molar-refractivity contribution in [1.82, 2.24) is 9.80 Å². The summed E-state index contributed by atoms with van der Waals surface area (Å²) in [5, 5.41) is 0. The summed E-state index contributed by atoms with van der Waals surface area (Å²) in [5.41, 5.74) is 0. The van der Waals surface area contributed by atoms with Crippen LogP contribution < -0.4 is 0 Å². The zero-order valence-electron chi connectivity index (χ0n) is 13.9. The second-order valence-corrected chi connectivity index (χ2v) is 5.57. The Hall–Kier alpha value is -0.120. The molecular formula is C16H34N2O. The fourth-order valence-corrected chi connectivity index (χ4v) is 3.35. The van der Waals surface area contributed by atoms with Crippen LogP contribution in [0.1, 0.15) is 54.4 Å². The Kier molecular flexibility index (Phi) is 7.33. The fourth-order valence-electron chi connectivity index (χ4n) is 3.35. The van der Waals surface area contributed by atoms with Crippen molar-refractivity contribution in [3.63, 3.8) is 0 Å². The molecule has 0 aromatic rings. The lowest BCUT2D eigenvalue weighted by Crippen LogP contribution is -2.65. The zero-order valence-corrected chi connectivity index (χ0v) is 13.9. The van der Waals surface area contributed by atoms with Gasteiger partial charge in [-0.05, 0) is 26.7 Å². The molecule has 0 aromatic heterocycles. The molecule has 0 aromatic carbocycles. The number of nitrogens with zero attached hydrogens (tertiary/aromatic N) is 2. The number of ether oxygens (including phenoxy) is 1. The normalized spacial score (nSPS) is 31.1. The average Bonchev–Trinajstić information content (AvgIpc) is 2.63. The van der Waals surface area contributed by atoms with Gasteiger partial charge < -0.3 is 4.74 Å². The van der Waals surface area contributed by atoms with Crippen LogP contribution in [-0.2, 0) is 4.74 Å². The summed E-state index contributed by atoms with van der Waals surface area (Å²) in [6, 6.07) is 3.03. The van der Waals surface area contributed by atoms with Crippen molar-refractivity contribution >= 4 is 0 Å². The molecule has 0 spiro atoms. The van der Waals surface area contributed by atoms with Gasteiger partial charge in [-0.15, -0.1) is 0 Å². The lowest BCUT2D eigenvalue weighted by atomic mass is 10.0. The smallest absolute Gasteiger partial charge is 0.0622 e. The Labute approximate surface area is 120 Å². The van der Waals surface area contributed by atoms with Crippen LogP contribution in [0.15, 0.2) is 0 Å². The molecule has 2 atom stereocenters. The first-order valence-corrected chi connectivity index (χ1v) is 8.35. The van der Waals surface area contributed by atoms with E-state index in [0.29, 0.717) is 0 Å². The molecule has 3 nitrogen and oxygen atoms in total. The van der Waals surface area contributed by atoms with E-state index >= 15 is 0 Å². The topological polar surface area (TPSA) is 15.7 Å². The van der Waals surface area contributed by atoms with Gasteiger partial charge in [-0.2, -0.15) is 0 Å². The highest BCUT2D eigenvalue weighted by atomic mass is 16.5. The van der Waals surface area contributed by atoms with Gasteiger partial charge in [0, 0.05) is 37.3 Å². The number of fused-ring (bicyclic) bond motifs is 2. The van der Waals surface area contributed by atoms with Crippen molar-refractivity contribution in [3.05, 3.63) is 0 Å². The van der Waals surface area contributed by atoms with Crippen molar-refractivity contribution in [2.45, 2.75) is 78.6 Å². The molecule has 2 bridgehead atoms. The average molecular weight is 270 g/mol. The minimum atomic E-state index is 0.722. The predicted molar refractivity (Wildman–Crippen MR) is 82.7 cm³/mol. The van der Waals surface area contributed by atoms with Crippen LogP contribution >= 0.6 is 0 Å². The molecule has 3 heteroatoms. The molecule has 0 saturated carbocycles. The highest BCUT2D eigenvalue weighted by Crippen LogP contribution is 2.33. The van der Waals surface area contributed by atoms with Crippen LogP contribution in [0.4, 0.5) is 0 Å². The van der Waals surface area contributed by atoms with E-state index in [4.69, 9.17) is 4.74 Å². The van der Waals surface area contributed by atoms with Crippen LogP contribution in [0.5, 0.6) is 0 Å². The molecule has 0 N–H and O–H groups in total. The number of hydrogen-bond acceptors (Lipinski definition) is 3. The molecule has 0 aliphatic carbocycles. The van der Waals surface area contributed by atoms with E-state index in [1.165, 1.54) is 25.9 Å². The van der Waals surface area contributed by atoms with E-state index in [0.717, 1.165) is 37.4 Å². The van der Waals surface area contributed by atoms with Crippen molar-refractivity contribution < 1.29 is 4.74 Å². The molecule has 3 rings (SSSR count). The molecule has 114 valence electrons. The van der Waals surface area contributed by atoms with Gasteiger partial charge in [0.15, 0.2) is 0 Å². The Bertz CT molecular complexity index is 223. The van der Waals surface area contributed by atoms with Gasteiger partial charge in [-0.3, -0.25) is 9.80 Å². The van der Waals surface area contributed by atoms with Crippen LogP contribution in [0.2, 0.25) is 0 Å². The summed E-state index contributed by atoms with van der Waals surface area (Å²) >= 11 is 0. The second kappa shape index (κ2) is 8.23. The number of likely N-dealkylation sites (tertiary alicyclic amines) is 1. The maximum atomic E-state index is 5.62. The Morgan fingerprint density at radius 3 is 1.74 bits per heavy atom. The van der Waals surface area contributed by atoms with Gasteiger partial charge in [-0.1, -0.05) is 27.7 Å². The second-order valence-electron chi connectivity index (χ2n) is 5.57. The van der Waals surface area contributed by atoms with Crippen molar-refractivity contribution in [1.29, 1.82) is 0 Å². The maximum absolute atomic E-state index is 5.62. The standard InChI is InChI=1S/C12H22N2O.2C2H6/c1-9(2)13-5-12(6-13)14-10-3-4-11(14)8-15-7-10;2*1-2/h9-12H,3-8H2,1-2H3;2*1-2H3. The largest absolute Gasteiger partial charge is 0.378 e. The summed E-state index contributed by atoms with van der Waals surface area (Å²) in [6.45, 7) is 17.1. The van der Waals surface area contributed by atoms with Crippen molar-refractivity contribution in [2.75, 3.05) is 26.3 Å². The molecular weight excluding hydrogens is 236 g/mol. The molecule has 2 unspecified atom stereocenters.